The van der Waals surface area contributed by atoms with Crippen molar-refractivity contribution < 1.29 is 9.94 Å². The second-order valence-electron chi connectivity index (χ2n) is 5.73. The van der Waals surface area contributed by atoms with E-state index in [-0.39, 0.29) is 12.2 Å². The minimum Gasteiger partial charge on any atom is -0.407 e. The molecule has 0 fully saturated rings. The summed E-state index contributed by atoms with van der Waals surface area (Å²) < 4.78 is 1.26. The highest BCUT2D eigenvalue weighted by atomic mass is 16.7. The van der Waals surface area contributed by atoms with E-state index >= 15 is 0 Å². The first-order chi connectivity index (χ1) is 11.6. The third kappa shape index (κ3) is 3.12. The Morgan fingerprint density at radius 2 is 1.79 bits per heavy atom. The third-order valence-corrected chi connectivity index (χ3v) is 3.80. The quantitative estimate of drug-likeness (QED) is 0.784. The van der Waals surface area contributed by atoms with E-state index < -0.39 is 6.10 Å². The second-order valence-corrected chi connectivity index (χ2v) is 5.73. The first-order valence-electron chi connectivity index (χ1n) is 7.83. The molecule has 1 N–H and O–H groups in total. The molecule has 2 aromatic carbocycles. The van der Waals surface area contributed by atoms with Gasteiger partial charge < -0.3 is 14.8 Å². The number of fused-ring (bicyclic) bond motifs is 1. The van der Waals surface area contributed by atoms with Crippen molar-refractivity contribution in [1.82, 2.24) is 4.73 Å². The van der Waals surface area contributed by atoms with Crippen LogP contribution >= 0.6 is 0 Å². The average molecular weight is 324 g/mol. The zero-order chi connectivity index (χ0) is 17.1. The van der Waals surface area contributed by atoms with Crippen molar-refractivity contribution in [1.29, 1.82) is 0 Å². The molecule has 24 heavy (non-hydrogen) atoms. The van der Waals surface area contributed by atoms with Crippen molar-refractivity contribution in [2.24, 2.45) is 0 Å². The summed E-state index contributed by atoms with van der Waals surface area (Å²) in [5.41, 5.74) is 1.83. The molecule has 0 aliphatic heterocycles. The third-order valence-electron chi connectivity index (χ3n) is 3.80. The zero-order valence-electron chi connectivity index (χ0n) is 13.7. The topological polar surface area (TPSA) is 54.7 Å². The summed E-state index contributed by atoms with van der Waals surface area (Å²) in [6.45, 7) is 1.66. The van der Waals surface area contributed by atoms with E-state index in [0.717, 1.165) is 11.1 Å². The van der Waals surface area contributed by atoms with Gasteiger partial charge in [0.1, 0.15) is 12.3 Å². The Balaban J connectivity index is 2.15. The molecule has 0 aliphatic rings. The van der Waals surface area contributed by atoms with Gasteiger partial charge in [0.25, 0.3) is 0 Å². The summed E-state index contributed by atoms with van der Waals surface area (Å²) in [5, 5.41) is 10.4. The van der Waals surface area contributed by atoms with Gasteiger partial charge in [0, 0.05) is 18.1 Å². The van der Waals surface area contributed by atoms with Crippen LogP contribution in [0.5, 0.6) is 0 Å². The van der Waals surface area contributed by atoms with Gasteiger partial charge in [0.2, 0.25) is 0 Å². The Morgan fingerprint density at radius 1 is 1.12 bits per heavy atom. The fourth-order valence-corrected chi connectivity index (χ4v) is 2.56. The lowest BCUT2D eigenvalue weighted by atomic mass is 10.2. The summed E-state index contributed by atoms with van der Waals surface area (Å²) in [4.78, 5) is 20.3. The molecule has 0 saturated heterocycles. The highest BCUT2D eigenvalue weighted by molar-refractivity contribution is 5.83. The Hall–Kier alpha value is -2.79. The van der Waals surface area contributed by atoms with E-state index in [4.69, 9.17) is 4.84 Å². The molecule has 0 radical (unpaired) electrons. The van der Waals surface area contributed by atoms with Crippen LogP contribution in [0, 0.1) is 0 Å². The summed E-state index contributed by atoms with van der Waals surface area (Å²) in [6.07, 6.45) is -0.661. The molecule has 5 heteroatoms. The molecular formula is C19H20N2O3. The van der Waals surface area contributed by atoms with Crippen molar-refractivity contribution in [2.45, 2.75) is 13.0 Å². The van der Waals surface area contributed by atoms with Gasteiger partial charge in [0.15, 0.2) is 0 Å². The number of anilines is 2. The van der Waals surface area contributed by atoms with E-state index in [1.807, 2.05) is 72.6 Å². The fourth-order valence-electron chi connectivity index (χ4n) is 2.56. The van der Waals surface area contributed by atoms with Crippen molar-refractivity contribution in [3.8, 4) is 0 Å². The molecule has 0 aliphatic carbocycles. The van der Waals surface area contributed by atoms with Crippen LogP contribution < -0.4 is 15.3 Å². The average Bonchev–Trinajstić information content (AvgIpc) is 2.60. The molecular weight excluding hydrogens is 304 g/mol. The molecule has 1 aromatic heterocycles. The standard InChI is InChI=1S/C19H20N2O3/c1-14(22)13-24-21-17-11-7-6-8-15(17)12-18(19(21)23)20(2)16-9-4-3-5-10-16/h3-12,14,22H,13H2,1-2H3. The van der Waals surface area contributed by atoms with Crippen LogP contribution in [-0.2, 0) is 0 Å². The Kier molecular flexibility index (Phi) is 4.53. The SMILES string of the molecule is CC(O)COn1c(=O)c(N(C)c2ccccc2)cc2ccccc21. The van der Waals surface area contributed by atoms with E-state index in [9.17, 15) is 9.90 Å². The number of rotatable bonds is 5. The summed E-state index contributed by atoms with van der Waals surface area (Å²) in [6, 6.07) is 19.0. The lowest BCUT2D eigenvalue weighted by Gasteiger charge is -2.21. The van der Waals surface area contributed by atoms with Crippen molar-refractivity contribution >= 4 is 22.3 Å². The van der Waals surface area contributed by atoms with Crippen LogP contribution in [0.4, 0.5) is 11.4 Å². The van der Waals surface area contributed by atoms with Gasteiger partial charge in [-0.1, -0.05) is 36.4 Å². The molecule has 3 rings (SSSR count). The lowest BCUT2D eigenvalue weighted by Crippen LogP contribution is -2.34. The number of benzene rings is 2. The highest BCUT2D eigenvalue weighted by Gasteiger charge is 2.15. The van der Waals surface area contributed by atoms with E-state index in [1.54, 1.807) is 6.92 Å². The van der Waals surface area contributed by atoms with Gasteiger partial charge in [0.05, 0.1) is 11.6 Å². The van der Waals surface area contributed by atoms with Crippen LogP contribution in [0.2, 0.25) is 0 Å². The summed E-state index contributed by atoms with van der Waals surface area (Å²) >= 11 is 0. The molecule has 3 aromatic rings. The molecule has 0 amide bonds. The molecule has 1 unspecified atom stereocenters. The number of hydrogen-bond donors (Lipinski definition) is 1. The smallest absolute Gasteiger partial charge is 0.307 e. The minimum absolute atomic E-state index is 0.0441. The molecule has 1 atom stereocenters. The van der Waals surface area contributed by atoms with Gasteiger partial charge in [-0.3, -0.25) is 4.79 Å². The normalized spacial score (nSPS) is 12.1. The zero-order valence-corrected chi connectivity index (χ0v) is 13.7. The first-order valence-corrected chi connectivity index (χ1v) is 7.83. The summed E-state index contributed by atoms with van der Waals surface area (Å²) in [7, 11) is 1.85. The predicted octanol–water partition coefficient (Wildman–Crippen LogP) is 2.58. The lowest BCUT2D eigenvalue weighted by molar-refractivity contribution is 0.0364. The number of hydrogen-bond acceptors (Lipinski definition) is 4. The van der Waals surface area contributed by atoms with E-state index in [2.05, 4.69) is 0 Å². The van der Waals surface area contributed by atoms with E-state index in [0.29, 0.717) is 11.2 Å². The number of aromatic nitrogens is 1. The van der Waals surface area contributed by atoms with Crippen LogP contribution in [0.25, 0.3) is 10.9 Å². The molecule has 0 saturated carbocycles. The largest absolute Gasteiger partial charge is 0.407 e. The van der Waals surface area contributed by atoms with E-state index in [1.165, 1.54) is 4.73 Å². The van der Waals surface area contributed by atoms with Crippen molar-refractivity contribution in [2.75, 3.05) is 18.6 Å². The fraction of sp³-hybridized carbons (Fsp3) is 0.211. The van der Waals surface area contributed by atoms with Crippen LogP contribution in [0.3, 0.4) is 0 Å². The molecule has 0 bridgehead atoms. The number of aliphatic hydroxyl groups excluding tert-OH is 1. The number of aliphatic hydroxyl groups is 1. The molecule has 124 valence electrons. The van der Waals surface area contributed by atoms with Crippen molar-refractivity contribution in [3.05, 3.63) is 71.0 Å². The Bertz CT molecular complexity index is 888. The second kappa shape index (κ2) is 6.76. The molecule has 1 heterocycles. The minimum atomic E-state index is -0.661. The maximum Gasteiger partial charge on any atom is 0.307 e. The number of pyridine rings is 1. The molecule has 5 nitrogen and oxygen atoms in total. The number of nitrogens with zero attached hydrogens (tertiary/aromatic N) is 2. The summed E-state index contributed by atoms with van der Waals surface area (Å²) in [5.74, 6) is 0. The van der Waals surface area contributed by atoms with Gasteiger partial charge in [-0.15, -0.1) is 4.73 Å². The van der Waals surface area contributed by atoms with Crippen molar-refractivity contribution in [3.63, 3.8) is 0 Å². The first kappa shape index (κ1) is 16.1. The van der Waals surface area contributed by atoms with Gasteiger partial charge in [-0.05, 0) is 31.2 Å². The van der Waals surface area contributed by atoms with Gasteiger partial charge in [-0.2, -0.15) is 0 Å². The highest BCUT2D eigenvalue weighted by Crippen LogP contribution is 2.23. The molecule has 0 spiro atoms. The van der Waals surface area contributed by atoms with Gasteiger partial charge >= 0.3 is 5.56 Å². The predicted molar refractivity (Wildman–Crippen MR) is 95.8 cm³/mol. The number of para-hydroxylation sites is 2. The monoisotopic (exact) mass is 324 g/mol. The van der Waals surface area contributed by atoms with Crippen LogP contribution in [0.15, 0.2) is 65.5 Å². The Labute approximate surface area is 140 Å². The van der Waals surface area contributed by atoms with Crippen LogP contribution in [-0.4, -0.2) is 29.6 Å². The van der Waals surface area contributed by atoms with Gasteiger partial charge in [-0.25, -0.2) is 0 Å². The maximum absolute atomic E-state index is 12.9. The maximum atomic E-state index is 12.9. The Morgan fingerprint density at radius 3 is 2.50 bits per heavy atom. The van der Waals surface area contributed by atoms with Crippen LogP contribution in [0.1, 0.15) is 6.92 Å².